The molecule has 2 aromatic carbocycles. The molecule has 72 heavy (non-hydrogen) atoms. The first-order valence-electron chi connectivity index (χ1n) is 25.3. The lowest BCUT2D eigenvalue weighted by molar-refractivity contribution is 0.0943. The lowest BCUT2D eigenvalue weighted by Gasteiger charge is -2.22. The second-order valence-corrected chi connectivity index (χ2v) is 24.9. The molecule has 2 aliphatic heterocycles. The summed E-state index contributed by atoms with van der Waals surface area (Å²) in [5, 5.41) is 13.0. The van der Waals surface area contributed by atoms with Crippen molar-refractivity contribution in [2.45, 2.75) is 125 Å². The predicted molar refractivity (Wildman–Crippen MR) is 286 cm³/mol. The van der Waals surface area contributed by atoms with E-state index in [1.165, 1.54) is 48.4 Å². The van der Waals surface area contributed by atoms with Crippen LogP contribution in [0.4, 0.5) is 0 Å². The first-order chi connectivity index (χ1) is 34.8. The van der Waals surface area contributed by atoms with Crippen LogP contribution in [0.5, 0.6) is 11.5 Å². The van der Waals surface area contributed by atoms with Crippen LogP contribution in [0.3, 0.4) is 0 Å². The van der Waals surface area contributed by atoms with Gasteiger partial charge >= 0.3 is 0 Å². The molecule has 0 saturated carbocycles. The van der Waals surface area contributed by atoms with Gasteiger partial charge in [-0.05, 0) is 131 Å². The van der Waals surface area contributed by atoms with Gasteiger partial charge in [0.15, 0.2) is 0 Å². The molecular formula is C52H74N8O8S4. The van der Waals surface area contributed by atoms with Crippen LogP contribution in [0.2, 0.25) is 0 Å². The van der Waals surface area contributed by atoms with Gasteiger partial charge in [-0.25, -0.2) is 21.8 Å². The van der Waals surface area contributed by atoms with Gasteiger partial charge in [-0.15, -0.1) is 22.7 Å². The summed E-state index contributed by atoms with van der Waals surface area (Å²) in [4.78, 5) is 30.6. The molecule has 16 nitrogen and oxygen atoms in total. The molecule has 2 saturated heterocycles. The number of hydrogen-bond acceptors (Lipinski definition) is 13. The number of methoxy groups -OCH3 is 2. The Hall–Kier alpha value is -4.67. The maximum atomic E-state index is 13.3. The van der Waals surface area contributed by atoms with E-state index >= 15 is 0 Å². The molecule has 5 aromatic rings. The minimum absolute atomic E-state index is 0.224. The number of hydrogen-bond donors (Lipinski definition) is 4. The van der Waals surface area contributed by atoms with E-state index in [1.807, 2.05) is 12.5 Å². The van der Waals surface area contributed by atoms with Crippen molar-refractivity contribution in [3.63, 3.8) is 0 Å². The summed E-state index contributed by atoms with van der Waals surface area (Å²) in [6.45, 7) is 9.96. The fourth-order valence-electron chi connectivity index (χ4n) is 8.80. The molecular weight excluding hydrogens is 993 g/mol. The van der Waals surface area contributed by atoms with Crippen molar-refractivity contribution in [1.29, 1.82) is 0 Å². The number of amides is 2. The smallest absolute Gasteiger partial charge is 0.252 e. The van der Waals surface area contributed by atoms with Gasteiger partial charge in [0.25, 0.3) is 31.9 Å². The molecule has 0 radical (unpaired) electrons. The highest BCUT2D eigenvalue weighted by Gasteiger charge is 2.31. The van der Waals surface area contributed by atoms with E-state index in [1.54, 1.807) is 102 Å². The maximum absolute atomic E-state index is 13.3. The summed E-state index contributed by atoms with van der Waals surface area (Å²) in [7, 11) is -3.99. The Kier molecular flexibility index (Phi) is 22.6. The topological polar surface area (TPSA) is 193 Å². The number of aryl methyl sites for hydroxylation is 1. The third kappa shape index (κ3) is 16.9. The Labute approximate surface area is 435 Å². The van der Waals surface area contributed by atoms with E-state index in [-0.39, 0.29) is 24.9 Å². The lowest BCUT2D eigenvalue weighted by atomic mass is 9.98. The zero-order chi connectivity index (χ0) is 51.4. The SMILES string of the molecule is CCCCC(CC)CNC1CCCN(S(=O)(=O)c2ccc(CNC(=O)c3cccc(OC)c3)s2)CC1.COc1cccc(C(=O)NCc2ccc(S(=O)(=O)N3CCCC(NCCCn4ccnc4)CC3)s2)c1. The summed E-state index contributed by atoms with van der Waals surface area (Å²) in [5.74, 6) is 1.46. The predicted octanol–water partition coefficient (Wildman–Crippen LogP) is 8.14. The lowest BCUT2D eigenvalue weighted by Crippen LogP contribution is -2.35. The number of thiophene rings is 2. The first-order valence-corrected chi connectivity index (χ1v) is 29.8. The average molecular weight is 1070 g/mol. The molecule has 0 bridgehead atoms. The Morgan fingerprint density at radius 2 is 1.25 bits per heavy atom. The van der Waals surface area contributed by atoms with Crippen molar-refractivity contribution in [2.75, 3.05) is 53.5 Å². The first kappa shape index (κ1) is 56.6. The molecule has 4 N–H and O–H groups in total. The van der Waals surface area contributed by atoms with Crippen molar-refractivity contribution in [1.82, 2.24) is 39.4 Å². The summed E-state index contributed by atoms with van der Waals surface area (Å²) in [6, 6.07) is 21.4. The van der Waals surface area contributed by atoms with E-state index in [2.05, 4.69) is 44.7 Å². The van der Waals surface area contributed by atoms with Gasteiger partial charge < -0.3 is 35.3 Å². The van der Waals surface area contributed by atoms with Gasteiger partial charge in [0, 0.05) is 78.1 Å². The Balaban J connectivity index is 0.000000235. The van der Waals surface area contributed by atoms with Crippen LogP contribution < -0.4 is 30.7 Å². The second-order valence-electron chi connectivity index (χ2n) is 18.3. The number of carbonyl (C=O) groups is 2. The fraction of sp³-hybridized carbons (Fsp3) is 0.519. The quantitative estimate of drug-likeness (QED) is 0.0436. The van der Waals surface area contributed by atoms with Gasteiger partial charge in [-0.2, -0.15) is 8.61 Å². The third-order valence-electron chi connectivity index (χ3n) is 13.2. The van der Waals surface area contributed by atoms with Gasteiger partial charge in [-0.1, -0.05) is 45.2 Å². The fourth-order valence-corrected chi connectivity index (χ4v) is 14.7. The zero-order valence-electron chi connectivity index (χ0n) is 42.2. The number of ether oxygens (including phenoxy) is 2. The minimum atomic E-state index is -3.56. The van der Waals surface area contributed by atoms with Crippen molar-refractivity contribution < 1.29 is 35.9 Å². The second kappa shape index (κ2) is 28.7. The molecule has 0 aliphatic carbocycles. The number of carbonyl (C=O) groups excluding carboxylic acids is 2. The molecule has 3 unspecified atom stereocenters. The highest BCUT2D eigenvalue weighted by Crippen LogP contribution is 2.29. The number of sulfonamides is 2. The van der Waals surface area contributed by atoms with E-state index in [4.69, 9.17) is 9.47 Å². The van der Waals surface area contributed by atoms with Crippen LogP contribution >= 0.6 is 22.7 Å². The molecule has 3 aromatic heterocycles. The number of benzene rings is 2. The van der Waals surface area contributed by atoms with Crippen LogP contribution in [0, 0.1) is 5.92 Å². The summed E-state index contributed by atoms with van der Waals surface area (Å²) in [6.07, 6.45) is 16.8. The molecule has 7 rings (SSSR count). The maximum Gasteiger partial charge on any atom is 0.252 e. The summed E-state index contributed by atoms with van der Waals surface area (Å²) in [5.41, 5.74) is 0.996. The number of nitrogens with one attached hydrogen (secondary N) is 4. The number of nitrogens with zero attached hydrogens (tertiary/aromatic N) is 4. The van der Waals surface area contributed by atoms with Crippen LogP contribution in [0.1, 0.15) is 115 Å². The van der Waals surface area contributed by atoms with Gasteiger partial charge in [0.1, 0.15) is 19.9 Å². The van der Waals surface area contributed by atoms with E-state index in [0.29, 0.717) is 75.2 Å². The standard InChI is InChI=1S/C27H41N3O4S2.C25H33N5O4S2/c1-4-6-9-21(5-2)19-28-23-11-8-16-30(17-15-23)36(32,33)26-14-13-25(35-26)20-29-27(31)22-10-7-12-24(18-22)34-3;1-34-22-7-2-5-20(17-22)25(31)28-18-23-8-9-24(35-23)36(32,33)30-14-3-6-21(10-15-30)27-11-4-13-29-16-12-26-19-29/h7,10,12-14,18,21,23,28H,4-6,8-9,11,15-17,19-20H2,1-3H3,(H,29,31);2,5,7-9,12,16-17,19,21,27H,3-4,6,10-11,13-15,18H2,1H3,(H,28,31). The van der Waals surface area contributed by atoms with Crippen molar-refractivity contribution in [2.24, 2.45) is 5.92 Å². The molecule has 5 heterocycles. The summed E-state index contributed by atoms with van der Waals surface area (Å²) < 4.78 is 69.5. The highest BCUT2D eigenvalue weighted by atomic mass is 32.3. The molecule has 394 valence electrons. The van der Waals surface area contributed by atoms with Gasteiger partial charge in [-0.3, -0.25) is 9.59 Å². The molecule has 2 amide bonds. The highest BCUT2D eigenvalue weighted by molar-refractivity contribution is 7.91. The molecule has 2 fully saturated rings. The third-order valence-corrected chi connectivity index (χ3v) is 20.1. The number of aromatic nitrogens is 2. The zero-order valence-corrected chi connectivity index (χ0v) is 45.5. The van der Waals surface area contributed by atoms with Crippen molar-refractivity contribution in [3.8, 4) is 11.5 Å². The van der Waals surface area contributed by atoms with Gasteiger partial charge in [0.05, 0.1) is 33.6 Å². The number of unbranched alkanes of at least 4 members (excludes halogenated alkanes) is 1. The monoisotopic (exact) mass is 1070 g/mol. The minimum Gasteiger partial charge on any atom is -0.497 e. The number of rotatable bonds is 24. The normalized spacial score (nSPS) is 17.4. The average Bonchev–Trinajstić information content (AvgIpc) is 4.15. The van der Waals surface area contributed by atoms with Crippen LogP contribution in [-0.2, 0) is 39.7 Å². The van der Waals surface area contributed by atoms with Gasteiger partial charge in [0.2, 0.25) is 0 Å². The van der Waals surface area contributed by atoms with Crippen LogP contribution in [-0.4, -0.2) is 112 Å². The largest absolute Gasteiger partial charge is 0.497 e. The van der Waals surface area contributed by atoms with Crippen LogP contribution in [0.15, 0.2) is 99.9 Å². The molecule has 2 aliphatic rings. The Morgan fingerprint density at radius 3 is 1.74 bits per heavy atom. The number of imidazole rings is 1. The van der Waals surface area contributed by atoms with E-state index in [9.17, 15) is 26.4 Å². The van der Waals surface area contributed by atoms with E-state index < -0.39 is 20.0 Å². The van der Waals surface area contributed by atoms with Crippen molar-refractivity contribution in [3.05, 3.63) is 112 Å². The molecule has 3 atom stereocenters. The summed E-state index contributed by atoms with van der Waals surface area (Å²) >= 11 is 2.44. The Bertz CT molecular complexity index is 2660. The van der Waals surface area contributed by atoms with E-state index in [0.717, 1.165) is 74.3 Å². The van der Waals surface area contributed by atoms with Crippen LogP contribution in [0.25, 0.3) is 0 Å². The van der Waals surface area contributed by atoms with Crippen molar-refractivity contribution >= 4 is 54.5 Å². The molecule has 0 spiro atoms. The molecule has 20 heteroatoms. The Morgan fingerprint density at radius 1 is 0.708 bits per heavy atom.